The minimum atomic E-state index is -1.02. The molecule has 0 spiro atoms. The second-order valence-corrected chi connectivity index (χ2v) is 5.65. The van der Waals surface area contributed by atoms with Crippen LogP contribution in [0, 0.1) is 5.41 Å². The molecule has 0 heterocycles. The van der Waals surface area contributed by atoms with Gasteiger partial charge in [0, 0.05) is 0 Å². The third-order valence-electron chi connectivity index (χ3n) is 2.48. The summed E-state index contributed by atoms with van der Waals surface area (Å²) in [6.07, 6.45) is 1.91. The van der Waals surface area contributed by atoms with Gasteiger partial charge in [-0.2, -0.15) is 9.68 Å². The zero-order valence-corrected chi connectivity index (χ0v) is 12.3. The van der Waals surface area contributed by atoms with Gasteiger partial charge in [-0.05, 0) is 30.4 Å². The first kappa shape index (κ1) is 16.3. The van der Waals surface area contributed by atoms with Crippen LogP contribution < -0.4 is 4.89 Å². The van der Waals surface area contributed by atoms with E-state index in [1.165, 1.54) is 0 Å². The molecule has 0 radical (unpaired) electrons. The molecular weight excluding hydrogens is 260 g/mol. The summed E-state index contributed by atoms with van der Waals surface area (Å²) in [5.74, 6) is 0.412. The van der Waals surface area contributed by atoms with E-state index in [0.29, 0.717) is 17.8 Å². The van der Waals surface area contributed by atoms with E-state index in [0.717, 1.165) is 19.3 Å². The SMILES string of the molecule is CC(C)(C)CCCCOOC(=O)OOc1ccccc1. The zero-order chi connectivity index (χ0) is 14.8. The molecule has 0 unspecified atom stereocenters. The maximum absolute atomic E-state index is 11.1. The van der Waals surface area contributed by atoms with Gasteiger partial charge in [0.15, 0.2) is 5.75 Å². The summed E-state index contributed by atoms with van der Waals surface area (Å²) in [5.41, 5.74) is 0.309. The lowest BCUT2D eigenvalue weighted by atomic mass is 9.90. The van der Waals surface area contributed by atoms with Gasteiger partial charge in [0.05, 0.1) is 6.61 Å². The Hall–Kier alpha value is -1.75. The van der Waals surface area contributed by atoms with Crippen molar-refractivity contribution in [3.8, 4) is 5.75 Å². The molecule has 5 nitrogen and oxygen atoms in total. The summed E-state index contributed by atoms with van der Waals surface area (Å²) >= 11 is 0. The zero-order valence-electron chi connectivity index (χ0n) is 12.3. The highest BCUT2D eigenvalue weighted by Gasteiger charge is 2.10. The predicted octanol–water partition coefficient (Wildman–Crippen LogP) is 4.28. The Morgan fingerprint density at radius 2 is 1.75 bits per heavy atom. The molecule has 0 aromatic heterocycles. The summed E-state index contributed by atoms with van der Waals surface area (Å²) in [7, 11) is 0. The smallest absolute Gasteiger partial charge is 0.284 e. The average molecular weight is 282 g/mol. The number of benzene rings is 1. The molecule has 0 fully saturated rings. The minimum Gasteiger partial charge on any atom is -0.284 e. The van der Waals surface area contributed by atoms with Crippen LogP contribution in [-0.2, 0) is 14.7 Å². The molecule has 20 heavy (non-hydrogen) atoms. The highest BCUT2D eigenvalue weighted by atomic mass is 17.3. The van der Waals surface area contributed by atoms with E-state index in [1.807, 2.05) is 6.07 Å². The van der Waals surface area contributed by atoms with Crippen LogP contribution >= 0.6 is 0 Å². The first-order chi connectivity index (χ1) is 9.47. The van der Waals surface area contributed by atoms with Crippen molar-refractivity contribution in [2.45, 2.75) is 40.0 Å². The Labute approximate surface area is 119 Å². The van der Waals surface area contributed by atoms with Gasteiger partial charge in [0.1, 0.15) is 0 Å². The molecule has 0 amide bonds. The molecule has 0 saturated carbocycles. The van der Waals surface area contributed by atoms with Crippen molar-refractivity contribution in [1.82, 2.24) is 0 Å². The summed E-state index contributed by atoms with van der Waals surface area (Å²) in [6, 6.07) is 8.65. The van der Waals surface area contributed by atoms with Gasteiger partial charge in [-0.1, -0.05) is 45.4 Å². The lowest BCUT2D eigenvalue weighted by molar-refractivity contribution is -0.289. The van der Waals surface area contributed by atoms with Gasteiger partial charge in [-0.15, -0.1) is 0 Å². The molecular formula is C15H22O5. The van der Waals surface area contributed by atoms with E-state index in [-0.39, 0.29) is 0 Å². The first-order valence-electron chi connectivity index (χ1n) is 6.70. The number of hydrogen-bond donors (Lipinski definition) is 0. The van der Waals surface area contributed by atoms with Gasteiger partial charge >= 0.3 is 6.16 Å². The fourth-order valence-corrected chi connectivity index (χ4v) is 1.48. The van der Waals surface area contributed by atoms with E-state index < -0.39 is 6.16 Å². The third kappa shape index (κ3) is 8.37. The van der Waals surface area contributed by atoms with Crippen molar-refractivity contribution >= 4 is 6.16 Å². The maximum atomic E-state index is 11.1. The van der Waals surface area contributed by atoms with Crippen LogP contribution in [0.4, 0.5) is 4.79 Å². The van der Waals surface area contributed by atoms with Crippen LogP contribution in [0.3, 0.4) is 0 Å². The summed E-state index contributed by atoms with van der Waals surface area (Å²) < 4.78 is 0. The molecule has 1 rings (SSSR count). The number of hydrogen-bond acceptors (Lipinski definition) is 5. The number of para-hydroxylation sites is 1. The Balaban J connectivity index is 2.01. The fraction of sp³-hybridized carbons (Fsp3) is 0.533. The van der Waals surface area contributed by atoms with E-state index >= 15 is 0 Å². The average Bonchev–Trinajstić information content (AvgIpc) is 2.40. The Morgan fingerprint density at radius 3 is 2.40 bits per heavy atom. The van der Waals surface area contributed by atoms with Crippen LogP contribution in [0.15, 0.2) is 30.3 Å². The molecule has 0 aliphatic carbocycles. The standard InChI is InChI=1S/C15H22O5/c1-15(2,3)11-7-8-12-17-19-14(16)20-18-13-9-5-4-6-10-13/h4-6,9-10H,7-8,11-12H2,1-3H3. The lowest BCUT2D eigenvalue weighted by Gasteiger charge is -2.17. The molecule has 112 valence electrons. The van der Waals surface area contributed by atoms with E-state index in [1.54, 1.807) is 24.3 Å². The van der Waals surface area contributed by atoms with Crippen LogP contribution in [0.2, 0.25) is 0 Å². The lowest BCUT2D eigenvalue weighted by Crippen LogP contribution is -2.11. The monoisotopic (exact) mass is 282 g/mol. The van der Waals surface area contributed by atoms with Crippen LogP contribution in [0.5, 0.6) is 5.75 Å². The number of carbonyl (C=O) groups excluding carboxylic acids is 1. The van der Waals surface area contributed by atoms with Crippen LogP contribution in [0.25, 0.3) is 0 Å². The molecule has 1 aromatic rings. The van der Waals surface area contributed by atoms with Crippen molar-refractivity contribution in [1.29, 1.82) is 0 Å². The minimum absolute atomic E-state index is 0.309. The van der Waals surface area contributed by atoms with Crippen molar-refractivity contribution in [2.75, 3.05) is 6.61 Å². The van der Waals surface area contributed by atoms with E-state index in [9.17, 15) is 4.79 Å². The van der Waals surface area contributed by atoms with Gasteiger partial charge in [0.25, 0.3) is 0 Å². The Kier molecular flexibility index (Phi) is 6.87. The van der Waals surface area contributed by atoms with Gasteiger partial charge in [-0.3, -0.25) is 9.78 Å². The van der Waals surface area contributed by atoms with Gasteiger partial charge in [0.2, 0.25) is 0 Å². The number of unbranched alkanes of at least 4 members (excludes halogenated alkanes) is 1. The largest absolute Gasteiger partial charge is 0.582 e. The Bertz CT molecular complexity index is 383. The van der Waals surface area contributed by atoms with E-state index in [4.69, 9.17) is 9.78 Å². The second-order valence-electron chi connectivity index (χ2n) is 5.65. The number of rotatable bonds is 7. The quantitative estimate of drug-likeness (QED) is 0.424. The normalized spacial score (nSPS) is 10.9. The number of carbonyl (C=O) groups is 1. The fourth-order valence-electron chi connectivity index (χ4n) is 1.48. The van der Waals surface area contributed by atoms with Crippen molar-refractivity contribution in [3.05, 3.63) is 30.3 Å². The molecule has 0 saturated heterocycles. The van der Waals surface area contributed by atoms with Crippen molar-refractivity contribution in [2.24, 2.45) is 5.41 Å². The van der Waals surface area contributed by atoms with Crippen LogP contribution in [0.1, 0.15) is 40.0 Å². The molecule has 0 aliphatic heterocycles. The third-order valence-corrected chi connectivity index (χ3v) is 2.48. The molecule has 0 bridgehead atoms. The molecule has 5 heteroatoms. The van der Waals surface area contributed by atoms with E-state index in [2.05, 4.69) is 30.5 Å². The second kappa shape index (κ2) is 8.43. The predicted molar refractivity (Wildman–Crippen MR) is 73.9 cm³/mol. The maximum Gasteiger partial charge on any atom is 0.582 e. The van der Waals surface area contributed by atoms with Gasteiger partial charge in [-0.25, -0.2) is 4.89 Å². The molecule has 0 aliphatic rings. The topological polar surface area (TPSA) is 54.0 Å². The van der Waals surface area contributed by atoms with Crippen LogP contribution in [-0.4, -0.2) is 12.8 Å². The summed E-state index contributed by atoms with van der Waals surface area (Å²) in [4.78, 5) is 29.4. The summed E-state index contributed by atoms with van der Waals surface area (Å²) in [5, 5.41) is 0. The first-order valence-corrected chi connectivity index (χ1v) is 6.70. The molecule has 0 N–H and O–H groups in total. The summed E-state index contributed by atoms with van der Waals surface area (Å²) in [6.45, 7) is 6.89. The van der Waals surface area contributed by atoms with Gasteiger partial charge < -0.3 is 0 Å². The highest BCUT2D eigenvalue weighted by Crippen LogP contribution is 2.21. The van der Waals surface area contributed by atoms with Crippen molar-refractivity contribution in [3.63, 3.8) is 0 Å². The molecule has 0 atom stereocenters. The molecule has 1 aromatic carbocycles. The highest BCUT2D eigenvalue weighted by molar-refractivity contribution is 5.58. The Morgan fingerprint density at radius 1 is 1.05 bits per heavy atom. The van der Waals surface area contributed by atoms with Crippen molar-refractivity contribution < 1.29 is 24.3 Å².